The number of hydrogen-bond acceptors (Lipinski definition) is 3. The summed E-state index contributed by atoms with van der Waals surface area (Å²) in [5.74, 6) is -0.923. The minimum Gasteiger partial charge on any atom is -0.462 e. The van der Waals surface area contributed by atoms with E-state index in [1.54, 1.807) is 0 Å². The monoisotopic (exact) mass is 401 g/mol. The number of aliphatic hydroxyl groups is 1. The van der Waals surface area contributed by atoms with Crippen molar-refractivity contribution in [2.24, 2.45) is 5.92 Å². The van der Waals surface area contributed by atoms with E-state index >= 15 is 0 Å². The standard InChI is InChI=1S/C21H17Cl2NO3/c1-12-17(11-27-21(12)26)20(25)16-10-24(9-13-5-7-14(22)8-6-13)19-15(16)3-2-4-18(19)23/h2-8,10,17,20,25H,1,9,11H2. The molecule has 2 unspecified atom stereocenters. The van der Waals surface area contributed by atoms with E-state index in [2.05, 4.69) is 6.58 Å². The van der Waals surface area contributed by atoms with Gasteiger partial charge in [-0.2, -0.15) is 0 Å². The maximum atomic E-state index is 11.6. The van der Waals surface area contributed by atoms with Gasteiger partial charge in [-0.1, -0.05) is 54.0 Å². The lowest BCUT2D eigenvalue weighted by Crippen LogP contribution is -2.14. The zero-order valence-corrected chi connectivity index (χ0v) is 15.9. The summed E-state index contributed by atoms with van der Waals surface area (Å²) in [6.45, 7) is 4.47. The second-order valence-electron chi connectivity index (χ2n) is 6.65. The van der Waals surface area contributed by atoms with E-state index in [0.29, 0.717) is 27.7 Å². The van der Waals surface area contributed by atoms with Gasteiger partial charge < -0.3 is 14.4 Å². The predicted octanol–water partition coefficient (Wildman–Crippen LogP) is 4.76. The maximum absolute atomic E-state index is 11.6. The van der Waals surface area contributed by atoms with Crippen molar-refractivity contribution >= 4 is 40.1 Å². The Kier molecular flexibility index (Phi) is 4.72. The normalized spacial score (nSPS) is 18.1. The van der Waals surface area contributed by atoms with Crippen molar-refractivity contribution in [1.82, 2.24) is 4.57 Å². The van der Waals surface area contributed by atoms with Gasteiger partial charge in [-0.3, -0.25) is 0 Å². The van der Waals surface area contributed by atoms with Gasteiger partial charge in [0.05, 0.1) is 22.6 Å². The molecule has 0 amide bonds. The molecular formula is C21H17Cl2NO3. The van der Waals surface area contributed by atoms with Gasteiger partial charge in [0.2, 0.25) is 0 Å². The Morgan fingerprint density at radius 2 is 1.96 bits per heavy atom. The first-order valence-corrected chi connectivity index (χ1v) is 9.27. The van der Waals surface area contributed by atoms with Crippen LogP contribution in [0.4, 0.5) is 0 Å². The number of ether oxygens (including phenoxy) is 1. The third-order valence-electron chi connectivity index (χ3n) is 4.95. The first-order valence-electron chi connectivity index (χ1n) is 8.51. The van der Waals surface area contributed by atoms with E-state index in [1.807, 2.05) is 53.2 Å². The van der Waals surface area contributed by atoms with Crippen LogP contribution < -0.4 is 0 Å². The maximum Gasteiger partial charge on any atom is 0.333 e. The number of cyclic esters (lactones) is 1. The molecule has 138 valence electrons. The molecule has 4 nitrogen and oxygen atoms in total. The summed E-state index contributed by atoms with van der Waals surface area (Å²) in [7, 11) is 0. The molecule has 2 heterocycles. The molecule has 27 heavy (non-hydrogen) atoms. The number of rotatable bonds is 4. The van der Waals surface area contributed by atoms with E-state index in [0.717, 1.165) is 16.5 Å². The van der Waals surface area contributed by atoms with Crippen molar-refractivity contribution in [3.8, 4) is 0 Å². The fraction of sp³-hybridized carbons (Fsp3) is 0.190. The molecule has 0 aliphatic carbocycles. The molecule has 2 atom stereocenters. The van der Waals surface area contributed by atoms with Crippen LogP contribution in [-0.4, -0.2) is 22.2 Å². The highest BCUT2D eigenvalue weighted by Gasteiger charge is 2.36. The van der Waals surface area contributed by atoms with E-state index < -0.39 is 18.0 Å². The topological polar surface area (TPSA) is 51.5 Å². The Hall–Kier alpha value is -2.27. The number of halogens is 2. The average molecular weight is 402 g/mol. The minimum atomic E-state index is -0.906. The molecule has 6 heteroatoms. The van der Waals surface area contributed by atoms with Gasteiger partial charge in [0, 0.05) is 34.3 Å². The molecule has 0 saturated carbocycles. The molecule has 3 aromatic rings. The molecule has 1 saturated heterocycles. The van der Waals surface area contributed by atoms with Gasteiger partial charge in [0.1, 0.15) is 6.61 Å². The smallest absolute Gasteiger partial charge is 0.333 e. The van der Waals surface area contributed by atoms with E-state index in [9.17, 15) is 9.90 Å². The number of carbonyl (C=O) groups excluding carboxylic acids is 1. The number of benzene rings is 2. The van der Waals surface area contributed by atoms with Gasteiger partial charge in [-0.25, -0.2) is 4.79 Å². The van der Waals surface area contributed by atoms with Crippen molar-refractivity contribution in [2.45, 2.75) is 12.6 Å². The summed E-state index contributed by atoms with van der Waals surface area (Å²) in [5, 5.41) is 13.1. The molecule has 1 N–H and O–H groups in total. The number of nitrogens with zero attached hydrogens (tertiary/aromatic N) is 1. The molecule has 2 aromatic carbocycles. The Morgan fingerprint density at radius 3 is 2.63 bits per heavy atom. The molecule has 1 aliphatic heterocycles. The van der Waals surface area contributed by atoms with Gasteiger partial charge in [-0.15, -0.1) is 0 Å². The van der Waals surface area contributed by atoms with Crippen molar-refractivity contribution in [2.75, 3.05) is 6.61 Å². The highest BCUT2D eigenvalue weighted by atomic mass is 35.5. The van der Waals surface area contributed by atoms with Crippen molar-refractivity contribution < 1.29 is 14.6 Å². The summed E-state index contributed by atoms with van der Waals surface area (Å²) in [6, 6.07) is 13.2. The van der Waals surface area contributed by atoms with Crippen LogP contribution in [0.25, 0.3) is 10.9 Å². The molecule has 1 fully saturated rings. The Balaban J connectivity index is 1.78. The van der Waals surface area contributed by atoms with E-state index in [1.165, 1.54) is 0 Å². The molecule has 1 aromatic heterocycles. The number of carbonyl (C=O) groups is 1. The van der Waals surface area contributed by atoms with Gasteiger partial charge >= 0.3 is 5.97 Å². The van der Waals surface area contributed by atoms with Crippen LogP contribution >= 0.6 is 23.2 Å². The Bertz CT molecular complexity index is 1040. The highest BCUT2D eigenvalue weighted by Crippen LogP contribution is 2.38. The van der Waals surface area contributed by atoms with Crippen LogP contribution in [0.5, 0.6) is 0 Å². The number of hydrogen-bond donors (Lipinski definition) is 1. The summed E-state index contributed by atoms with van der Waals surface area (Å²) in [4.78, 5) is 11.6. The van der Waals surface area contributed by atoms with Gasteiger partial charge in [-0.05, 0) is 23.8 Å². The minimum absolute atomic E-state index is 0.128. The Labute approximate surface area is 166 Å². The van der Waals surface area contributed by atoms with Gasteiger partial charge in [0.25, 0.3) is 0 Å². The van der Waals surface area contributed by atoms with Crippen LogP contribution in [0.15, 0.2) is 60.8 Å². The fourth-order valence-electron chi connectivity index (χ4n) is 3.50. The molecule has 0 bridgehead atoms. The molecule has 4 rings (SSSR count). The number of esters is 1. The lowest BCUT2D eigenvalue weighted by molar-refractivity contribution is -0.135. The van der Waals surface area contributed by atoms with Crippen LogP contribution in [0.2, 0.25) is 10.0 Å². The zero-order valence-electron chi connectivity index (χ0n) is 14.4. The second-order valence-corrected chi connectivity index (χ2v) is 7.49. The van der Waals surface area contributed by atoms with Crippen LogP contribution in [0.1, 0.15) is 17.2 Å². The number of fused-ring (bicyclic) bond motifs is 1. The predicted molar refractivity (Wildman–Crippen MR) is 106 cm³/mol. The first kappa shape index (κ1) is 18.1. The largest absolute Gasteiger partial charge is 0.462 e. The SMILES string of the molecule is C=C1C(=O)OCC1C(O)c1cn(Cc2ccc(Cl)cc2)c2c(Cl)cccc12. The second kappa shape index (κ2) is 7.04. The molecule has 0 spiro atoms. The van der Waals surface area contributed by atoms with E-state index in [-0.39, 0.29) is 6.61 Å². The summed E-state index contributed by atoms with van der Waals surface area (Å²) in [6.07, 6.45) is 0.975. The summed E-state index contributed by atoms with van der Waals surface area (Å²) in [5.41, 5.74) is 2.88. The van der Waals surface area contributed by atoms with Crippen molar-refractivity contribution in [3.63, 3.8) is 0 Å². The fourth-order valence-corrected chi connectivity index (χ4v) is 3.91. The number of aromatic nitrogens is 1. The van der Waals surface area contributed by atoms with Crippen LogP contribution in [0, 0.1) is 5.92 Å². The highest BCUT2D eigenvalue weighted by molar-refractivity contribution is 6.35. The third kappa shape index (κ3) is 3.25. The Morgan fingerprint density at radius 1 is 1.22 bits per heavy atom. The quantitative estimate of drug-likeness (QED) is 0.506. The summed E-state index contributed by atoms with van der Waals surface area (Å²) >= 11 is 12.4. The molecular weight excluding hydrogens is 385 g/mol. The molecule has 0 radical (unpaired) electrons. The lowest BCUT2D eigenvalue weighted by atomic mass is 9.92. The molecule has 1 aliphatic rings. The van der Waals surface area contributed by atoms with E-state index in [4.69, 9.17) is 27.9 Å². The number of para-hydroxylation sites is 1. The number of aliphatic hydroxyl groups excluding tert-OH is 1. The van der Waals surface area contributed by atoms with Gasteiger partial charge in [0.15, 0.2) is 0 Å². The first-order chi connectivity index (χ1) is 13.0. The summed E-state index contributed by atoms with van der Waals surface area (Å²) < 4.78 is 7.03. The lowest BCUT2D eigenvalue weighted by Gasteiger charge is -2.15. The van der Waals surface area contributed by atoms with Crippen molar-refractivity contribution in [3.05, 3.63) is 82.0 Å². The average Bonchev–Trinajstić information content (AvgIpc) is 3.18. The van der Waals surface area contributed by atoms with Crippen LogP contribution in [-0.2, 0) is 16.1 Å². The zero-order chi connectivity index (χ0) is 19.1. The van der Waals surface area contributed by atoms with Crippen molar-refractivity contribution in [1.29, 1.82) is 0 Å². The van der Waals surface area contributed by atoms with Crippen LogP contribution in [0.3, 0.4) is 0 Å². The third-order valence-corrected chi connectivity index (χ3v) is 5.51.